The van der Waals surface area contributed by atoms with Gasteiger partial charge in [-0.2, -0.15) is 18.2 Å². The summed E-state index contributed by atoms with van der Waals surface area (Å²) in [6.07, 6.45) is 2.98. The Labute approximate surface area is 161 Å². The largest absolute Gasteiger partial charge is 0.471 e. The quantitative estimate of drug-likeness (QED) is 0.540. The summed E-state index contributed by atoms with van der Waals surface area (Å²) >= 11 is 0. The molecule has 146 valence electrons. The fourth-order valence-electron chi connectivity index (χ4n) is 2.30. The van der Waals surface area contributed by atoms with E-state index in [9.17, 15) is 13.2 Å². The molecule has 0 aromatic carbocycles. The average molecular weight is 400 g/mol. The van der Waals surface area contributed by atoms with E-state index in [1.165, 1.54) is 6.20 Å². The number of rotatable bonds is 5. The predicted octanol–water partition coefficient (Wildman–Crippen LogP) is 3.01. The van der Waals surface area contributed by atoms with Crippen LogP contribution >= 0.6 is 0 Å². The molecule has 0 amide bonds. The molecule has 4 heterocycles. The highest BCUT2D eigenvalue weighted by Gasteiger charge is 2.38. The van der Waals surface area contributed by atoms with Gasteiger partial charge >= 0.3 is 12.1 Å². The van der Waals surface area contributed by atoms with Crippen LogP contribution in [0.15, 0.2) is 53.7 Å². The number of nitrogens with one attached hydrogen (secondary N) is 1. The molecule has 0 atom stereocenters. The fourth-order valence-corrected chi connectivity index (χ4v) is 2.30. The van der Waals surface area contributed by atoms with Gasteiger partial charge in [0.2, 0.25) is 11.8 Å². The van der Waals surface area contributed by atoms with Gasteiger partial charge in [0.1, 0.15) is 5.69 Å². The minimum atomic E-state index is -4.69. The van der Waals surface area contributed by atoms with Crippen LogP contribution in [-0.4, -0.2) is 35.1 Å². The zero-order chi connectivity index (χ0) is 20.3. The molecular weight excluding hydrogens is 389 g/mol. The lowest BCUT2D eigenvalue weighted by molar-refractivity contribution is -0.159. The predicted molar refractivity (Wildman–Crippen MR) is 92.9 cm³/mol. The van der Waals surface area contributed by atoms with Crippen molar-refractivity contribution >= 4 is 5.95 Å². The molecule has 4 aromatic heterocycles. The molecule has 0 fully saturated rings. The van der Waals surface area contributed by atoms with Crippen LogP contribution in [0.25, 0.3) is 22.8 Å². The lowest BCUT2D eigenvalue weighted by atomic mass is 10.2. The summed E-state index contributed by atoms with van der Waals surface area (Å²) in [5, 5.41) is 6.34. The maximum absolute atomic E-state index is 12.5. The third-order valence-electron chi connectivity index (χ3n) is 3.66. The van der Waals surface area contributed by atoms with Crippen molar-refractivity contribution in [2.24, 2.45) is 0 Å². The zero-order valence-corrected chi connectivity index (χ0v) is 14.5. The van der Waals surface area contributed by atoms with Gasteiger partial charge in [0, 0.05) is 30.4 Å². The molecule has 1 N–H and O–H groups in total. The third-order valence-corrected chi connectivity index (χ3v) is 3.66. The van der Waals surface area contributed by atoms with Crippen molar-refractivity contribution in [3.8, 4) is 22.8 Å². The summed E-state index contributed by atoms with van der Waals surface area (Å²) < 4.78 is 41.8. The van der Waals surface area contributed by atoms with E-state index in [0.717, 1.165) is 0 Å². The molecule has 0 saturated heterocycles. The molecule has 4 aromatic rings. The Kier molecular flexibility index (Phi) is 4.81. The Bertz CT molecular complexity index is 1100. The number of halogens is 3. The molecule has 29 heavy (non-hydrogen) atoms. The van der Waals surface area contributed by atoms with E-state index >= 15 is 0 Å². The maximum Gasteiger partial charge on any atom is 0.471 e. The van der Waals surface area contributed by atoms with Gasteiger partial charge in [-0.1, -0.05) is 5.16 Å². The van der Waals surface area contributed by atoms with Crippen molar-refractivity contribution in [1.82, 2.24) is 35.1 Å². The van der Waals surface area contributed by atoms with Gasteiger partial charge in [0.25, 0.3) is 0 Å². The van der Waals surface area contributed by atoms with Gasteiger partial charge < -0.3 is 9.84 Å². The van der Waals surface area contributed by atoms with Crippen LogP contribution in [0.1, 0.15) is 11.6 Å². The molecule has 0 aliphatic heterocycles. The normalized spacial score (nSPS) is 11.4. The number of alkyl halides is 3. The summed E-state index contributed by atoms with van der Waals surface area (Å²) in [7, 11) is 0. The monoisotopic (exact) mass is 400 g/mol. The Hall–Kier alpha value is -3.96. The van der Waals surface area contributed by atoms with Crippen molar-refractivity contribution in [1.29, 1.82) is 0 Å². The Balaban J connectivity index is 1.43. The van der Waals surface area contributed by atoms with E-state index in [1.54, 1.807) is 43.0 Å². The second-order valence-electron chi connectivity index (χ2n) is 5.67. The van der Waals surface area contributed by atoms with Crippen LogP contribution in [0.2, 0.25) is 0 Å². The van der Waals surface area contributed by atoms with E-state index in [-0.39, 0.29) is 5.82 Å². The smallest absolute Gasteiger partial charge is 0.349 e. The highest BCUT2D eigenvalue weighted by molar-refractivity contribution is 5.54. The highest BCUT2D eigenvalue weighted by Crippen LogP contribution is 2.29. The Morgan fingerprint density at radius 2 is 1.79 bits per heavy atom. The second kappa shape index (κ2) is 7.58. The molecule has 0 bridgehead atoms. The number of aromatic nitrogens is 7. The minimum Gasteiger partial charge on any atom is -0.349 e. The SMILES string of the molecule is FC(F)(F)c1nc(-c2ccc(CNc3nccc(-c4cnccn4)n3)nc2)no1. The number of hydrogen-bond donors (Lipinski definition) is 1. The summed E-state index contributed by atoms with van der Waals surface area (Å²) in [4.78, 5) is 24.2. The van der Waals surface area contributed by atoms with Gasteiger partial charge in [-0.3, -0.25) is 15.0 Å². The van der Waals surface area contributed by atoms with Crippen molar-refractivity contribution in [3.63, 3.8) is 0 Å². The summed E-state index contributed by atoms with van der Waals surface area (Å²) in [6.45, 7) is 0.296. The van der Waals surface area contributed by atoms with Crippen molar-refractivity contribution in [3.05, 3.63) is 60.8 Å². The molecule has 0 saturated carbocycles. The Morgan fingerprint density at radius 3 is 2.48 bits per heavy atom. The first-order valence-corrected chi connectivity index (χ1v) is 8.18. The van der Waals surface area contributed by atoms with E-state index < -0.39 is 12.1 Å². The summed E-state index contributed by atoms with van der Waals surface area (Å²) in [5.74, 6) is -1.23. The van der Waals surface area contributed by atoms with Crippen molar-refractivity contribution < 1.29 is 17.7 Å². The average Bonchev–Trinajstić information content (AvgIpc) is 3.24. The van der Waals surface area contributed by atoms with Crippen LogP contribution < -0.4 is 5.32 Å². The number of pyridine rings is 1. The van der Waals surface area contributed by atoms with Crippen LogP contribution in [-0.2, 0) is 12.7 Å². The van der Waals surface area contributed by atoms with Crippen LogP contribution in [0, 0.1) is 0 Å². The third kappa shape index (κ3) is 4.31. The summed E-state index contributed by atoms with van der Waals surface area (Å²) in [5.41, 5.74) is 2.13. The van der Waals surface area contributed by atoms with Crippen LogP contribution in [0.4, 0.5) is 19.1 Å². The van der Waals surface area contributed by atoms with Crippen LogP contribution in [0.3, 0.4) is 0 Å². The zero-order valence-electron chi connectivity index (χ0n) is 14.5. The van der Waals surface area contributed by atoms with E-state index in [4.69, 9.17) is 0 Å². The second-order valence-corrected chi connectivity index (χ2v) is 5.67. The van der Waals surface area contributed by atoms with Crippen LogP contribution in [0.5, 0.6) is 0 Å². The molecular formula is C17H11F3N8O. The van der Waals surface area contributed by atoms with Crippen molar-refractivity contribution in [2.75, 3.05) is 5.32 Å². The lowest BCUT2D eigenvalue weighted by Crippen LogP contribution is -2.06. The first-order chi connectivity index (χ1) is 14.0. The van der Waals surface area contributed by atoms with E-state index in [2.05, 4.69) is 44.9 Å². The molecule has 0 radical (unpaired) electrons. The molecule has 0 unspecified atom stereocenters. The molecule has 0 aliphatic carbocycles. The van der Waals surface area contributed by atoms with Gasteiger partial charge in [0.15, 0.2) is 0 Å². The maximum atomic E-state index is 12.5. The standard InChI is InChI=1S/C17H11F3N8O/c18-17(19,20)15-27-14(28-29-15)10-1-2-11(24-7-10)8-25-16-23-4-3-12(26-16)13-9-21-5-6-22-13/h1-7,9H,8H2,(H,23,25,26). The van der Waals surface area contributed by atoms with Gasteiger partial charge in [-0.15, -0.1) is 0 Å². The Morgan fingerprint density at radius 1 is 0.897 bits per heavy atom. The first-order valence-electron chi connectivity index (χ1n) is 8.18. The minimum absolute atomic E-state index is 0.190. The molecule has 0 aliphatic rings. The number of anilines is 1. The van der Waals surface area contributed by atoms with Gasteiger partial charge in [-0.25, -0.2) is 9.97 Å². The van der Waals surface area contributed by atoms with E-state index in [1.807, 2.05) is 0 Å². The van der Waals surface area contributed by atoms with E-state index in [0.29, 0.717) is 35.1 Å². The molecule has 4 rings (SSSR count). The molecule has 0 spiro atoms. The number of hydrogen-bond acceptors (Lipinski definition) is 9. The summed E-state index contributed by atoms with van der Waals surface area (Å²) in [6, 6.07) is 4.88. The molecule has 12 heteroatoms. The van der Waals surface area contributed by atoms with Crippen molar-refractivity contribution in [2.45, 2.75) is 12.7 Å². The topological polar surface area (TPSA) is 115 Å². The molecule has 9 nitrogen and oxygen atoms in total. The van der Waals surface area contributed by atoms with Gasteiger partial charge in [0.05, 0.1) is 24.1 Å². The lowest BCUT2D eigenvalue weighted by Gasteiger charge is -2.06. The number of nitrogens with zero attached hydrogens (tertiary/aromatic N) is 7. The first kappa shape index (κ1) is 18.4. The fraction of sp³-hybridized carbons (Fsp3) is 0.118. The highest BCUT2D eigenvalue weighted by atomic mass is 19.4. The van der Waals surface area contributed by atoms with Gasteiger partial charge in [-0.05, 0) is 18.2 Å².